The number of anilines is 1. The van der Waals surface area contributed by atoms with Crippen LogP contribution in [0.2, 0.25) is 5.02 Å². The van der Waals surface area contributed by atoms with E-state index in [1.165, 1.54) is 44.8 Å². The van der Waals surface area contributed by atoms with Crippen LogP contribution in [0.15, 0.2) is 42.6 Å². The summed E-state index contributed by atoms with van der Waals surface area (Å²) in [6, 6.07) is 10.6. The van der Waals surface area contributed by atoms with E-state index in [-0.39, 0.29) is 12.1 Å². The molecular weight excluding hydrogens is 454 g/mol. The van der Waals surface area contributed by atoms with Crippen molar-refractivity contribution < 1.29 is 23.8 Å². The smallest absolute Gasteiger partial charge is 0.251 e. The molecule has 0 radical (unpaired) electrons. The van der Waals surface area contributed by atoms with Gasteiger partial charge in [0.25, 0.3) is 5.91 Å². The number of methoxy groups -OCH3 is 3. The highest BCUT2D eigenvalue weighted by atomic mass is 35.5. The summed E-state index contributed by atoms with van der Waals surface area (Å²) < 4.78 is 15.7. The first-order chi connectivity index (χ1) is 15.4. The molecule has 0 saturated carbocycles. The fraction of sp³-hybridized carbons (Fsp3) is 0.227. The molecule has 10 heteroatoms. The van der Waals surface area contributed by atoms with Crippen LogP contribution in [0.5, 0.6) is 17.2 Å². The summed E-state index contributed by atoms with van der Waals surface area (Å²) in [4.78, 5) is 30.0. The molecule has 0 unspecified atom stereocenters. The molecule has 168 valence electrons. The van der Waals surface area contributed by atoms with Crippen LogP contribution in [-0.2, 0) is 11.2 Å². The van der Waals surface area contributed by atoms with E-state index in [2.05, 4.69) is 15.6 Å². The molecule has 2 amide bonds. The predicted octanol–water partition coefficient (Wildman–Crippen LogP) is 3.78. The zero-order valence-corrected chi connectivity index (χ0v) is 19.3. The summed E-state index contributed by atoms with van der Waals surface area (Å²) in [5.41, 5.74) is 1.32. The molecule has 8 nitrogen and oxygen atoms in total. The molecule has 32 heavy (non-hydrogen) atoms. The zero-order chi connectivity index (χ0) is 23.1. The fourth-order valence-electron chi connectivity index (χ4n) is 2.93. The highest BCUT2D eigenvalue weighted by Crippen LogP contribution is 2.38. The maximum atomic E-state index is 12.5. The molecule has 0 fully saturated rings. The predicted molar refractivity (Wildman–Crippen MR) is 123 cm³/mol. The minimum absolute atomic E-state index is 0.224. The maximum absolute atomic E-state index is 12.5. The van der Waals surface area contributed by atoms with Crippen molar-refractivity contribution in [3.05, 3.63) is 63.6 Å². The van der Waals surface area contributed by atoms with Gasteiger partial charge in [-0.2, -0.15) is 0 Å². The first-order valence-electron chi connectivity index (χ1n) is 9.50. The van der Waals surface area contributed by atoms with E-state index in [4.69, 9.17) is 25.8 Å². The second-order valence-corrected chi connectivity index (χ2v) is 8.13. The van der Waals surface area contributed by atoms with Crippen LogP contribution in [0.1, 0.15) is 20.8 Å². The van der Waals surface area contributed by atoms with E-state index in [9.17, 15) is 9.59 Å². The van der Waals surface area contributed by atoms with Gasteiger partial charge >= 0.3 is 0 Å². The SMILES string of the molecule is COc1cc(C(=O)NCC(=O)Nc2ncc(Cc3cccc(Cl)c3)s2)cc(OC)c1OC. The lowest BCUT2D eigenvalue weighted by molar-refractivity contribution is -0.115. The van der Waals surface area contributed by atoms with Gasteiger partial charge in [-0.05, 0) is 29.8 Å². The number of ether oxygens (including phenoxy) is 3. The molecule has 3 aromatic rings. The molecule has 0 bridgehead atoms. The van der Waals surface area contributed by atoms with E-state index in [1.807, 2.05) is 24.3 Å². The number of nitrogens with zero attached hydrogens (tertiary/aromatic N) is 1. The van der Waals surface area contributed by atoms with Gasteiger partial charge in [-0.15, -0.1) is 11.3 Å². The van der Waals surface area contributed by atoms with Crippen LogP contribution in [0, 0.1) is 0 Å². The van der Waals surface area contributed by atoms with Gasteiger partial charge in [-0.1, -0.05) is 23.7 Å². The molecule has 0 aliphatic rings. The van der Waals surface area contributed by atoms with Crippen molar-refractivity contribution in [2.45, 2.75) is 6.42 Å². The first kappa shape index (κ1) is 23.4. The molecule has 0 saturated heterocycles. The van der Waals surface area contributed by atoms with Crippen LogP contribution in [0.3, 0.4) is 0 Å². The molecule has 0 aliphatic carbocycles. The van der Waals surface area contributed by atoms with Crippen LogP contribution in [0.4, 0.5) is 5.13 Å². The van der Waals surface area contributed by atoms with Crippen LogP contribution in [-0.4, -0.2) is 44.7 Å². The van der Waals surface area contributed by atoms with Gasteiger partial charge in [0, 0.05) is 28.1 Å². The van der Waals surface area contributed by atoms with Crippen molar-refractivity contribution in [3.63, 3.8) is 0 Å². The molecule has 2 N–H and O–H groups in total. The number of carbonyl (C=O) groups excluding carboxylic acids is 2. The first-order valence-corrected chi connectivity index (χ1v) is 10.7. The molecule has 0 spiro atoms. The third kappa shape index (κ3) is 5.89. The maximum Gasteiger partial charge on any atom is 0.251 e. The Morgan fingerprint density at radius 1 is 1.06 bits per heavy atom. The van der Waals surface area contributed by atoms with E-state index in [0.717, 1.165) is 10.4 Å². The second kappa shape index (κ2) is 10.8. The Bertz CT molecular complexity index is 1090. The Kier molecular flexibility index (Phi) is 7.91. The molecular formula is C22H22ClN3O5S. The van der Waals surface area contributed by atoms with Crippen molar-refractivity contribution >= 4 is 39.9 Å². The van der Waals surface area contributed by atoms with Crippen molar-refractivity contribution in [2.75, 3.05) is 33.2 Å². The minimum atomic E-state index is -0.458. The number of thiazole rings is 1. The van der Waals surface area contributed by atoms with Crippen LogP contribution >= 0.6 is 22.9 Å². The third-order valence-electron chi connectivity index (χ3n) is 4.40. The quantitative estimate of drug-likeness (QED) is 0.488. The van der Waals surface area contributed by atoms with Crippen LogP contribution < -0.4 is 24.8 Å². The van der Waals surface area contributed by atoms with Crippen molar-refractivity contribution in [2.24, 2.45) is 0 Å². The van der Waals surface area contributed by atoms with Gasteiger partial charge in [0.2, 0.25) is 11.7 Å². The number of carbonyl (C=O) groups is 2. The van der Waals surface area contributed by atoms with Gasteiger partial charge in [0.1, 0.15) is 0 Å². The topological polar surface area (TPSA) is 98.8 Å². The Hall–Kier alpha value is -3.30. The fourth-order valence-corrected chi connectivity index (χ4v) is 4.01. The normalized spacial score (nSPS) is 10.4. The van der Waals surface area contributed by atoms with E-state index < -0.39 is 11.8 Å². The monoisotopic (exact) mass is 475 g/mol. The number of halogens is 1. The second-order valence-electron chi connectivity index (χ2n) is 6.58. The van der Waals surface area contributed by atoms with E-state index in [1.54, 1.807) is 6.20 Å². The zero-order valence-electron chi connectivity index (χ0n) is 17.7. The molecule has 0 aliphatic heterocycles. The largest absolute Gasteiger partial charge is 0.493 e. The average molecular weight is 476 g/mol. The summed E-state index contributed by atoms with van der Waals surface area (Å²) in [7, 11) is 4.39. The summed E-state index contributed by atoms with van der Waals surface area (Å²) in [5, 5.41) is 6.38. The number of nitrogens with one attached hydrogen (secondary N) is 2. The van der Waals surface area contributed by atoms with Gasteiger partial charge in [-0.3, -0.25) is 9.59 Å². The number of amides is 2. The van der Waals surface area contributed by atoms with Gasteiger partial charge < -0.3 is 24.8 Å². The van der Waals surface area contributed by atoms with Crippen LogP contribution in [0.25, 0.3) is 0 Å². The molecule has 3 rings (SSSR count). The standard InChI is InChI=1S/C22H22ClN3O5S/c1-29-17-9-14(10-18(30-2)20(17)31-3)21(28)24-12-19(27)26-22-25-11-16(32-22)8-13-5-4-6-15(23)7-13/h4-7,9-11H,8,12H2,1-3H3,(H,24,28)(H,25,26,27). The highest BCUT2D eigenvalue weighted by molar-refractivity contribution is 7.15. The number of aromatic nitrogens is 1. The number of hydrogen-bond acceptors (Lipinski definition) is 7. The summed E-state index contributed by atoms with van der Waals surface area (Å²) in [6.45, 7) is -0.224. The van der Waals surface area contributed by atoms with Gasteiger partial charge in [0.05, 0.1) is 27.9 Å². The number of rotatable bonds is 9. The average Bonchev–Trinajstić information content (AvgIpc) is 3.22. The van der Waals surface area contributed by atoms with Crippen molar-refractivity contribution in [3.8, 4) is 17.2 Å². The highest BCUT2D eigenvalue weighted by Gasteiger charge is 2.17. The van der Waals surface area contributed by atoms with E-state index in [0.29, 0.717) is 33.8 Å². The lowest BCUT2D eigenvalue weighted by Gasteiger charge is -2.14. The molecule has 0 atom stereocenters. The Morgan fingerprint density at radius 2 is 1.78 bits per heavy atom. The molecule has 1 aromatic heterocycles. The summed E-state index contributed by atoms with van der Waals surface area (Å²) in [5.74, 6) is 0.212. The Balaban J connectivity index is 1.57. The van der Waals surface area contributed by atoms with Crippen molar-refractivity contribution in [1.82, 2.24) is 10.3 Å². The summed E-state index contributed by atoms with van der Waals surface area (Å²) in [6.07, 6.45) is 2.36. The van der Waals surface area contributed by atoms with Gasteiger partial charge in [0.15, 0.2) is 16.6 Å². The number of hydrogen-bond donors (Lipinski definition) is 2. The van der Waals surface area contributed by atoms with E-state index >= 15 is 0 Å². The number of benzene rings is 2. The lowest BCUT2D eigenvalue weighted by Crippen LogP contribution is -2.32. The summed E-state index contributed by atoms with van der Waals surface area (Å²) >= 11 is 7.38. The Labute approximate surface area is 194 Å². The minimum Gasteiger partial charge on any atom is -0.493 e. The lowest BCUT2D eigenvalue weighted by atomic mass is 10.1. The Morgan fingerprint density at radius 3 is 2.41 bits per heavy atom. The molecule has 1 heterocycles. The van der Waals surface area contributed by atoms with Crippen molar-refractivity contribution in [1.29, 1.82) is 0 Å². The molecule has 2 aromatic carbocycles. The third-order valence-corrected chi connectivity index (χ3v) is 5.55. The van der Waals surface area contributed by atoms with Gasteiger partial charge in [-0.25, -0.2) is 4.98 Å².